The normalized spacial score (nSPS) is 10.6. The summed E-state index contributed by atoms with van der Waals surface area (Å²) in [5.41, 5.74) is 3.76. The summed E-state index contributed by atoms with van der Waals surface area (Å²) in [6.07, 6.45) is 1.70. The Morgan fingerprint density at radius 3 is 2.62 bits per heavy atom. The minimum Gasteiger partial charge on any atom is -0.497 e. The third-order valence-electron chi connectivity index (χ3n) is 5.00. The zero-order valence-corrected chi connectivity index (χ0v) is 20.1. The van der Waals surface area contributed by atoms with E-state index in [-0.39, 0.29) is 5.97 Å². The van der Waals surface area contributed by atoms with E-state index in [1.54, 1.807) is 20.2 Å². The first kappa shape index (κ1) is 23.3. The van der Waals surface area contributed by atoms with Crippen molar-refractivity contribution in [1.29, 1.82) is 0 Å². The molecule has 4 aromatic rings. The molecule has 2 aromatic heterocycles. The van der Waals surface area contributed by atoms with Gasteiger partial charge in [-0.15, -0.1) is 11.3 Å². The number of methoxy groups -OCH3 is 1. The lowest BCUT2D eigenvalue weighted by molar-refractivity contribution is 0.0529. The van der Waals surface area contributed by atoms with Gasteiger partial charge >= 0.3 is 5.97 Å². The molecule has 8 heteroatoms. The van der Waals surface area contributed by atoms with E-state index in [1.165, 1.54) is 11.3 Å². The van der Waals surface area contributed by atoms with Gasteiger partial charge in [0.1, 0.15) is 16.3 Å². The predicted molar refractivity (Wildman–Crippen MR) is 137 cm³/mol. The molecule has 0 unspecified atom stereocenters. The number of carbonyl (C=O) groups excluding carboxylic acids is 1. The van der Waals surface area contributed by atoms with Gasteiger partial charge in [0.25, 0.3) is 0 Å². The van der Waals surface area contributed by atoms with Crippen LogP contribution in [0.2, 0.25) is 0 Å². The summed E-state index contributed by atoms with van der Waals surface area (Å²) < 4.78 is 10.7. The molecule has 0 bridgehead atoms. The maximum Gasteiger partial charge on any atom is 0.341 e. The topological polar surface area (TPSA) is 85.4 Å². The molecule has 4 rings (SSSR count). The van der Waals surface area contributed by atoms with Crippen molar-refractivity contribution in [3.05, 3.63) is 72.4 Å². The van der Waals surface area contributed by atoms with Gasteiger partial charge < -0.3 is 20.1 Å². The summed E-state index contributed by atoms with van der Waals surface area (Å²) in [4.78, 5) is 23.0. The van der Waals surface area contributed by atoms with E-state index in [1.807, 2.05) is 67.6 Å². The summed E-state index contributed by atoms with van der Waals surface area (Å²) in [5, 5.41) is 7.32. The van der Waals surface area contributed by atoms with E-state index in [0.29, 0.717) is 30.4 Å². The molecular formula is C26H26N4O3S. The highest BCUT2D eigenvalue weighted by Gasteiger charge is 2.27. The first-order valence-electron chi connectivity index (χ1n) is 11.0. The van der Waals surface area contributed by atoms with E-state index < -0.39 is 0 Å². The molecule has 0 saturated carbocycles. The Kier molecular flexibility index (Phi) is 7.39. The Morgan fingerprint density at radius 2 is 1.88 bits per heavy atom. The number of benzene rings is 2. The highest BCUT2D eigenvalue weighted by Crippen LogP contribution is 2.46. The first-order chi connectivity index (χ1) is 16.6. The lowest BCUT2D eigenvalue weighted by atomic mass is 10.00. The Balaban J connectivity index is 1.83. The number of thiophene rings is 1. The quantitative estimate of drug-likeness (QED) is 0.278. The molecule has 0 atom stereocenters. The van der Waals surface area contributed by atoms with Gasteiger partial charge in [-0.05, 0) is 37.6 Å². The van der Waals surface area contributed by atoms with Crippen LogP contribution in [-0.4, -0.2) is 36.2 Å². The number of esters is 1. The Labute approximate surface area is 202 Å². The molecule has 0 fully saturated rings. The van der Waals surface area contributed by atoms with Crippen molar-refractivity contribution in [3.63, 3.8) is 0 Å². The zero-order chi connectivity index (χ0) is 23.9. The minimum absolute atomic E-state index is 0.298. The smallest absolute Gasteiger partial charge is 0.341 e. The second kappa shape index (κ2) is 10.8. The molecule has 0 amide bonds. The van der Waals surface area contributed by atoms with Gasteiger partial charge in [-0.25, -0.2) is 14.8 Å². The van der Waals surface area contributed by atoms with Crippen molar-refractivity contribution in [2.24, 2.45) is 0 Å². The van der Waals surface area contributed by atoms with Gasteiger partial charge in [0.05, 0.1) is 24.3 Å². The third kappa shape index (κ3) is 5.02. The molecule has 0 radical (unpaired) electrons. The highest BCUT2D eigenvalue weighted by atomic mass is 32.1. The number of hydrogen-bond acceptors (Lipinski definition) is 8. The van der Waals surface area contributed by atoms with Crippen LogP contribution in [0.15, 0.2) is 66.9 Å². The van der Waals surface area contributed by atoms with Crippen molar-refractivity contribution < 1.29 is 14.3 Å². The number of hydrogen-bond donors (Lipinski definition) is 2. The highest BCUT2D eigenvalue weighted by molar-refractivity contribution is 7.20. The number of ether oxygens (including phenoxy) is 2. The molecular weight excluding hydrogens is 448 g/mol. The van der Waals surface area contributed by atoms with Crippen LogP contribution in [0.4, 0.5) is 16.6 Å². The molecule has 2 heterocycles. The molecule has 0 saturated heterocycles. The summed E-state index contributed by atoms with van der Waals surface area (Å²) >= 11 is 1.48. The standard InChI is InChI=1S/C26H26N4O3S/c1-4-27-24-22(25(31)33-5-2)21(17-10-7-6-8-11-17)23(34-24)20-14-15-28-26(30-20)29-18-12-9-13-19(16-18)32-3/h6-16,27H,4-5H2,1-3H3,(H,28,29,30). The number of aromatic nitrogens is 2. The van der Waals surface area contributed by atoms with Crippen LogP contribution in [0.1, 0.15) is 24.2 Å². The van der Waals surface area contributed by atoms with Gasteiger partial charge in [-0.2, -0.15) is 0 Å². The van der Waals surface area contributed by atoms with Crippen molar-refractivity contribution in [3.8, 4) is 27.4 Å². The number of anilines is 3. The van der Waals surface area contributed by atoms with Gasteiger partial charge in [0, 0.05) is 30.1 Å². The molecule has 7 nitrogen and oxygen atoms in total. The third-order valence-corrected chi connectivity index (χ3v) is 6.17. The molecule has 34 heavy (non-hydrogen) atoms. The number of carbonyl (C=O) groups is 1. The fraction of sp³-hybridized carbons (Fsp3) is 0.192. The fourth-order valence-corrected chi connectivity index (χ4v) is 4.80. The number of rotatable bonds is 9. The van der Waals surface area contributed by atoms with E-state index in [9.17, 15) is 4.79 Å². The van der Waals surface area contributed by atoms with E-state index in [4.69, 9.17) is 14.5 Å². The summed E-state index contributed by atoms with van der Waals surface area (Å²) in [6.45, 7) is 4.78. The van der Waals surface area contributed by atoms with Crippen LogP contribution in [0.25, 0.3) is 21.7 Å². The fourth-order valence-electron chi connectivity index (χ4n) is 3.55. The Morgan fingerprint density at radius 1 is 1.06 bits per heavy atom. The molecule has 0 aliphatic rings. The average molecular weight is 475 g/mol. The molecule has 0 aliphatic heterocycles. The summed E-state index contributed by atoms with van der Waals surface area (Å²) in [5.74, 6) is 0.824. The van der Waals surface area contributed by atoms with E-state index >= 15 is 0 Å². The average Bonchev–Trinajstić information content (AvgIpc) is 3.25. The van der Waals surface area contributed by atoms with Crippen molar-refractivity contribution in [1.82, 2.24) is 9.97 Å². The van der Waals surface area contributed by atoms with Gasteiger partial charge in [-0.1, -0.05) is 36.4 Å². The van der Waals surface area contributed by atoms with E-state index in [2.05, 4.69) is 15.6 Å². The van der Waals surface area contributed by atoms with Crippen LogP contribution in [-0.2, 0) is 4.74 Å². The van der Waals surface area contributed by atoms with E-state index in [0.717, 1.165) is 32.4 Å². The zero-order valence-electron chi connectivity index (χ0n) is 19.3. The largest absolute Gasteiger partial charge is 0.497 e. The Bertz CT molecular complexity index is 1270. The van der Waals surface area contributed by atoms with Crippen LogP contribution in [0.5, 0.6) is 5.75 Å². The predicted octanol–water partition coefficient (Wildman–Crippen LogP) is 6.23. The second-order valence-electron chi connectivity index (χ2n) is 7.25. The molecule has 2 aromatic carbocycles. The van der Waals surface area contributed by atoms with Gasteiger partial charge in [0.15, 0.2) is 0 Å². The lowest BCUT2D eigenvalue weighted by Gasteiger charge is -2.10. The maximum absolute atomic E-state index is 13.0. The SMILES string of the molecule is CCNc1sc(-c2ccnc(Nc3cccc(OC)c3)n2)c(-c2ccccc2)c1C(=O)OCC. The minimum atomic E-state index is -0.358. The van der Waals surface area contributed by atoms with Crippen LogP contribution < -0.4 is 15.4 Å². The number of nitrogens with one attached hydrogen (secondary N) is 2. The molecule has 2 N–H and O–H groups in total. The van der Waals surface area contributed by atoms with Crippen molar-refractivity contribution >= 4 is 33.9 Å². The first-order valence-corrected chi connectivity index (χ1v) is 11.8. The van der Waals surface area contributed by atoms with Crippen LogP contribution in [0, 0.1) is 0 Å². The van der Waals surface area contributed by atoms with Crippen LogP contribution >= 0.6 is 11.3 Å². The summed E-state index contributed by atoms with van der Waals surface area (Å²) in [7, 11) is 1.63. The van der Waals surface area contributed by atoms with Gasteiger partial charge in [-0.3, -0.25) is 0 Å². The molecule has 174 valence electrons. The maximum atomic E-state index is 13.0. The molecule has 0 aliphatic carbocycles. The lowest BCUT2D eigenvalue weighted by Crippen LogP contribution is -2.08. The van der Waals surface area contributed by atoms with Crippen molar-refractivity contribution in [2.75, 3.05) is 30.9 Å². The Hall–Kier alpha value is -3.91. The monoisotopic (exact) mass is 474 g/mol. The van der Waals surface area contributed by atoms with Crippen molar-refractivity contribution in [2.45, 2.75) is 13.8 Å². The van der Waals surface area contributed by atoms with Crippen LogP contribution in [0.3, 0.4) is 0 Å². The van der Waals surface area contributed by atoms with Gasteiger partial charge in [0.2, 0.25) is 5.95 Å². The number of nitrogens with zero attached hydrogens (tertiary/aromatic N) is 2. The second-order valence-corrected chi connectivity index (χ2v) is 8.27. The molecule has 0 spiro atoms. The summed E-state index contributed by atoms with van der Waals surface area (Å²) in [6, 6.07) is 19.2.